The van der Waals surface area contributed by atoms with E-state index in [2.05, 4.69) is 5.32 Å². The number of anilines is 1. The van der Waals surface area contributed by atoms with Crippen molar-refractivity contribution in [3.8, 4) is 0 Å². The van der Waals surface area contributed by atoms with E-state index in [0.29, 0.717) is 17.8 Å². The van der Waals surface area contributed by atoms with Crippen LogP contribution in [-0.2, 0) is 16.4 Å². The van der Waals surface area contributed by atoms with Crippen LogP contribution in [0.2, 0.25) is 5.02 Å². The first-order chi connectivity index (χ1) is 11.8. The van der Waals surface area contributed by atoms with Crippen molar-refractivity contribution < 1.29 is 13.2 Å². The van der Waals surface area contributed by atoms with E-state index in [4.69, 9.17) is 11.6 Å². The summed E-state index contributed by atoms with van der Waals surface area (Å²) in [4.78, 5) is 12.1. The molecule has 7 heteroatoms. The van der Waals surface area contributed by atoms with E-state index < -0.39 is 10.0 Å². The molecular formula is C18H21ClN2O3S. The van der Waals surface area contributed by atoms with Crippen LogP contribution in [-0.4, -0.2) is 34.2 Å². The molecular weight excluding hydrogens is 360 g/mol. The van der Waals surface area contributed by atoms with E-state index in [1.54, 1.807) is 24.3 Å². The summed E-state index contributed by atoms with van der Waals surface area (Å²) < 4.78 is 24.2. The molecule has 0 saturated carbocycles. The molecule has 1 N–H and O–H groups in total. The summed E-state index contributed by atoms with van der Waals surface area (Å²) in [7, 11) is -1.84. The predicted octanol–water partition coefficient (Wildman–Crippen LogP) is 3.10. The first kappa shape index (κ1) is 19.3. The van der Waals surface area contributed by atoms with Gasteiger partial charge in [-0.15, -0.1) is 0 Å². The number of benzene rings is 2. The molecule has 0 aliphatic carbocycles. The summed E-state index contributed by atoms with van der Waals surface area (Å²) in [5.74, 6) is -0.187. The van der Waals surface area contributed by atoms with Crippen molar-refractivity contribution >= 4 is 33.2 Å². The number of carbonyl (C=O) groups excluding carboxylic acids is 1. The Bertz CT molecular complexity index is 836. The van der Waals surface area contributed by atoms with Gasteiger partial charge in [-0.3, -0.25) is 9.10 Å². The lowest BCUT2D eigenvalue weighted by Gasteiger charge is -2.16. The van der Waals surface area contributed by atoms with Gasteiger partial charge in [-0.1, -0.05) is 29.8 Å². The molecule has 0 radical (unpaired) electrons. The van der Waals surface area contributed by atoms with Gasteiger partial charge in [0, 0.05) is 24.2 Å². The van der Waals surface area contributed by atoms with Crippen LogP contribution in [0.4, 0.5) is 5.69 Å². The Labute approximate surface area is 153 Å². The molecule has 0 atom stereocenters. The maximum absolute atomic E-state index is 12.1. The van der Waals surface area contributed by atoms with Crippen LogP contribution in [0.25, 0.3) is 0 Å². The number of sulfonamides is 1. The maximum atomic E-state index is 12.1. The number of carbonyl (C=O) groups is 1. The van der Waals surface area contributed by atoms with Crippen molar-refractivity contribution in [1.82, 2.24) is 5.32 Å². The summed E-state index contributed by atoms with van der Waals surface area (Å²) in [5, 5.41) is 3.59. The molecule has 2 aromatic carbocycles. The third-order valence-corrected chi connectivity index (χ3v) is 5.43. The second-order valence-corrected chi connectivity index (χ2v) is 8.15. The van der Waals surface area contributed by atoms with E-state index >= 15 is 0 Å². The molecule has 134 valence electrons. The molecule has 0 aromatic heterocycles. The van der Waals surface area contributed by atoms with Gasteiger partial charge in [0.1, 0.15) is 0 Å². The van der Waals surface area contributed by atoms with Crippen molar-refractivity contribution in [2.45, 2.75) is 12.8 Å². The number of hydrogen-bond donors (Lipinski definition) is 1. The summed E-state index contributed by atoms with van der Waals surface area (Å²) in [5.41, 5.74) is 2.06. The largest absolute Gasteiger partial charge is 0.352 e. The van der Waals surface area contributed by atoms with Gasteiger partial charge in [0.05, 0.1) is 11.9 Å². The molecule has 25 heavy (non-hydrogen) atoms. The summed E-state index contributed by atoms with van der Waals surface area (Å²) >= 11 is 6.10. The van der Waals surface area contributed by atoms with E-state index in [-0.39, 0.29) is 5.91 Å². The Morgan fingerprint density at radius 2 is 1.76 bits per heavy atom. The Morgan fingerprint density at radius 3 is 2.36 bits per heavy atom. The summed E-state index contributed by atoms with van der Waals surface area (Å²) in [6.45, 7) is 0.537. The highest BCUT2D eigenvalue weighted by Gasteiger charge is 2.12. The third-order valence-electron chi connectivity index (χ3n) is 3.86. The molecule has 5 nitrogen and oxygen atoms in total. The highest BCUT2D eigenvalue weighted by molar-refractivity contribution is 7.92. The van der Waals surface area contributed by atoms with Crippen LogP contribution in [0.3, 0.4) is 0 Å². The van der Waals surface area contributed by atoms with Gasteiger partial charge in [0.25, 0.3) is 5.91 Å². The fourth-order valence-electron chi connectivity index (χ4n) is 2.30. The SMILES string of the molecule is CN(c1ccc(C(=O)NCCCc2ccccc2Cl)cc1)S(C)(=O)=O. The first-order valence-corrected chi connectivity index (χ1v) is 10.1. The lowest BCUT2D eigenvalue weighted by Crippen LogP contribution is -2.26. The van der Waals surface area contributed by atoms with Crippen molar-refractivity contribution in [1.29, 1.82) is 0 Å². The van der Waals surface area contributed by atoms with Gasteiger partial charge in [-0.2, -0.15) is 0 Å². The molecule has 0 aliphatic heterocycles. The monoisotopic (exact) mass is 380 g/mol. The first-order valence-electron chi connectivity index (χ1n) is 7.84. The fourth-order valence-corrected chi connectivity index (χ4v) is 3.03. The van der Waals surface area contributed by atoms with Crippen molar-refractivity contribution in [2.75, 3.05) is 24.2 Å². The minimum atomic E-state index is -3.31. The number of nitrogens with one attached hydrogen (secondary N) is 1. The van der Waals surface area contributed by atoms with Crippen LogP contribution in [0.1, 0.15) is 22.3 Å². The van der Waals surface area contributed by atoms with Crippen LogP contribution in [0.15, 0.2) is 48.5 Å². The molecule has 2 rings (SSSR count). The third kappa shape index (κ3) is 5.47. The normalized spacial score (nSPS) is 11.2. The second kappa shape index (κ2) is 8.36. The van der Waals surface area contributed by atoms with Crippen molar-refractivity contribution in [2.24, 2.45) is 0 Å². The minimum absolute atomic E-state index is 0.187. The zero-order chi connectivity index (χ0) is 18.4. The molecule has 0 unspecified atom stereocenters. The number of halogens is 1. The Kier molecular flexibility index (Phi) is 6.45. The minimum Gasteiger partial charge on any atom is -0.352 e. The second-order valence-electron chi connectivity index (χ2n) is 5.73. The average molecular weight is 381 g/mol. The Hall–Kier alpha value is -2.05. The fraction of sp³-hybridized carbons (Fsp3) is 0.278. The van der Waals surface area contributed by atoms with E-state index in [0.717, 1.165) is 34.0 Å². The van der Waals surface area contributed by atoms with Crippen LogP contribution in [0.5, 0.6) is 0 Å². The highest BCUT2D eigenvalue weighted by atomic mass is 35.5. The zero-order valence-corrected chi connectivity index (χ0v) is 15.8. The lowest BCUT2D eigenvalue weighted by atomic mass is 10.1. The summed E-state index contributed by atoms with van der Waals surface area (Å²) in [6.07, 6.45) is 2.70. The molecule has 0 bridgehead atoms. The number of nitrogens with zero attached hydrogens (tertiary/aromatic N) is 1. The van der Waals surface area contributed by atoms with E-state index in [9.17, 15) is 13.2 Å². The standard InChI is InChI=1S/C18H21ClN2O3S/c1-21(25(2,23)24)16-11-9-15(10-12-16)18(22)20-13-5-7-14-6-3-4-8-17(14)19/h3-4,6,8-12H,5,7,13H2,1-2H3,(H,20,22). The van der Waals surface area contributed by atoms with Gasteiger partial charge >= 0.3 is 0 Å². The van der Waals surface area contributed by atoms with Crippen LogP contribution in [0, 0.1) is 0 Å². The number of rotatable bonds is 7. The highest BCUT2D eigenvalue weighted by Crippen LogP contribution is 2.17. The average Bonchev–Trinajstić information content (AvgIpc) is 2.58. The van der Waals surface area contributed by atoms with Crippen LogP contribution < -0.4 is 9.62 Å². The van der Waals surface area contributed by atoms with Gasteiger partial charge < -0.3 is 5.32 Å². The number of amides is 1. The van der Waals surface area contributed by atoms with Gasteiger partial charge in [-0.05, 0) is 48.7 Å². The Balaban J connectivity index is 1.86. The quantitative estimate of drug-likeness (QED) is 0.750. The zero-order valence-electron chi connectivity index (χ0n) is 14.2. The number of hydrogen-bond acceptors (Lipinski definition) is 3. The molecule has 2 aromatic rings. The van der Waals surface area contributed by atoms with E-state index in [1.165, 1.54) is 7.05 Å². The van der Waals surface area contributed by atoms with Crippen molar-refractivity contribution in [3.63, 3.8) is 0 Å². The molecule has 0 aliphatic rings. The topological polar surface area (TPSA) is 66.5 Å². The van der Waals surface area contributed by atoms with Crippen LogP contribution >= 0.6 is 11.6 Å². The van der Waals surface area contributed by atoms with E-state index in [1.807, 2.05) is 24.3 Å². The molecule has 0 fully saturated rings. The molecule has 1 amide bonds. The lowest BCUT2D eigenvalue weighted by molar-refractivity contribution is 0.0953. The van der Waals surface area contributed by atoms with Gasteiger partial charge in [0.2, 0.25) is 10.0 Å². The molecule has 0 heterocycles. The smallest absolute Gasteiger partial charge is 0.251 e. The Morgan fingerprint density at radius 1 is 1.12 bits per heavy atom. The number of aryl methyl sites for hydroxylation is 1. The molecule has 0 saturated heterocycles. The summed E-state index contributed by atoms with van der Waals surface area (Å²) in [6, 6.07) is 14.1. The van der Waals surface area contributed by atoms with Gasteiger partial charge in [0.15, 0.2) is 0 Å². The van der Waals surface area contributed by atoms with Gasteiger partial charge in [-0.25, -0.2) is 8.42 Å². The maximum Gasteiger partial charge on any atom is 0.251 e. The molecule has 0 spiro atoms. The van der Waals surface area contributed by atoms with Crippen molar-refractivity contribution in [3.05, 3.63) is 64.7 Å². The predicted molar refractivity (Wildman–Crippen MR) is 102 cm³/mol.